The highest BCUT2D eigenvalue weighted by Gasteiger charge is 2.45. The van der Waals surface area contributed by atoms with Gasteiger partial charge in [-0.15, -0.1) is 10.2 Å². The third-order valence-corrected chi connectivity index (χ3v) is 5.17. The molecular weight excluding hydrogens is 319 g/mol. The molecule has 8 heteroatoms. The Bertz CT molecular complexity index is 698. The van der Waals surface area contributed by atoms with Crippen LogP contribution in [0.5, 0.6) is 5.88 Å². The fourth-order valence-electron chi connectivity index (χ4n) is 3.27. The van der Waals surface area contributed by atoms with Gasteiger partial charge in [-0.3, -0.25) is 0 Å². The van der Waals surface area contributed by atoms with Crippen molar-refractivity contribution in [2.75, 3.05) is 18.1 Å². The molecule has 23 heavy (non-hydrogen) atoms. The number of hydrogen-bond donors (Lipinski definition) is 0. The number of anilines is 1. The molecule has 0 spiro atoms. The average molecular weight is 336 g/mol. The number of nitrogens with zero attached hydrogens (tertiary/aromatic N) is 4. The Morgan fingerprint density at radius 1 is 1.39 bits per heavy atom. The Kier molecular flexibility index (Phi) is 3.86. The van der Waals surface area contributed by atoms with Crippen LogP contribution in [-0.4, -0.2) is 46.6 Å². The Morgan fingerprint density at radius 3 is 3.09 bits per heavy atom. The maximum absolute atomic E-state index is 13.9. The molecule has 2 aromatic rings. The van der Waals surface area contributed by atoms with E-state index < -0.39 is 5.82 Å². The highest BCUT2D eigenvalue weighted by molar-refractivity contribution is 7.15. The summed E-state index contributed by atoms with van der Waals surface area (Å²) in [6.07, 6.45) is 3.04. The predicted molar refractivity (Wildman–Crippen MR) is 83.4 cm³/mol. The zero-order chi connectivity index (χ0) is 15.8. The molecule has 0 N–H and O–H groups in total. The van der Waals surface area contributed by atoms with E-state index in [4.69, 9.17) is 9.47 Å². The first-order chi connectivity index (χ1) is 11.2. The van der Waals surface area contributed by atoms with Crippen molar-refractivity contribution >= 4 is 16.5 Å². The Labute approximate surface area is 137 Å². The van der Waals surface area contributed by atoms with Gasteiger partial charge in [0.05, 0.1) is 18.8 Å². The molecule has 122 valence electrons. The van der Waals surface area contributed by atoms with Gasteiger partial charge in [-0.1, -0.05) is 11.3 Å². The zero-order valence-corrected chi connectivity index (χ0v) is 13.5. The quantitative estimate of drug-likeness (QED) is 0.856. The molecule has 3 heterocycles. The number of aromatic nitrogens is 3. The predicted octanol–water partition coefficient (Wildman–Crippen LogP) is 2.20. The molecule has 1 aliphatic carbocycles. The van der Waals surface area contributed by atoms with Gasteiger partial charge in [0.15, 0.2) is 5.82 Å². The molecule has 0 aromatic carbocycles. The van der Waals surface area contributed by atoms with Crippen molar-refractivity contribution in [1.29, 1.82) is 0 Å². The summed E-state index contributed by atoms with van der Waals surface area (Å²) in [6.45, 7) is 3.27. The maximum Gasteiger partial charge on any atom is 0.250 e. The third kappa shape index (κ3) is 2.76. The molecule has 6 nitrogen and oxygen atoms in total. The van der Waals surface area contributed by atoms with E-state index in [0.717, 1.165) is 29.5 Å². The summed E-state index contributed by atoms with van der Waals surface area (Å²) in [5.74, 6) is -0.414. The lowest BCUT2D eigenvalue weighted by molar-refractivity contribution is 0.00103. The van der Waals surface area contributed by atoms with Crippen molar-refractivity contribution in [2.45, 2.75) is 38.0 Å². The Morgan fingerprint density at radius 2 is 2.30 bits per heavy atom. The van der Waals surface area contributed by atoms with E-state index in [1.54, 1.807) is 17.4 Å². The smallest absolute Gasteiger partial charge is 0.250 e. The molecule has 1 saturated carbocycles. The minimum Gasteiger partial charge on any atom is -0.467 e. The van der Waals surface area contributed by atoms with E-state index in [9.17, 15) is 4.39 Å². The normalized spacial score (nSPS) is 27.0. The van der Waals surface area contributed by atoms with Crippen LogP contribution in [0.3, 0.4) is 0 Å². The largest absolute Gasteiger partial charge is 0.467 e. The fourth-order valence-corrected chi connectivity index (χ4v) is 4.04. The summed E-state index contributed by atoms with van der Waals surface area (Å²) in [5, 5.41) is 10.1. The van der Waals surface area contributed by atoms with Crippen LogP contribution >= 0.6 is 11.3 Å². The molecule has 0 unspecified atom stereocenters. The van der Waals surface area contributed by atoms with E-state index in [1.165, 1.54) is 12.3 Å². The van der Waals surface area contributed by atoms with Crippen molar-refractivity contribution < 1.29 is 13.9 Å². The van der Waals surface area contributed by atoms with Crippen LogP contribution in [0, 0.1) is 12.7 Å². The van der Waals surface area contributed by atoms with E-state index in [2.05, 4.69) is 20.1 Å². The first-order valence-corrected chi connectivity index (χ1v) is 8.49. The lowest BCUT2D eigenvalue weighted by atomic mass is 10.2. The lowest BCUT2D eigenvalue weighted by Gasteiger charge is -2.30. The standard InChI is InChI=1S/C15H17FN4O2S/c1-9-18-19-15(23-9)20-7-8-21-12-5-4-11(20)13(12)22-14-10(16)3-2-6-17-14/h2-3,6,11-13H,4-5,7-8H2,1H3/t11-,12-,13-/m0/s1. The maximum atomic E-state index is 13.9. The zero-order valence-electron chi connectivity index (χ0n) is 12.7. The van der Waals surface area contributed by atoms with Gasteiger partial charge in [0.25, 0.3) is 5.88 Å². The minimum absolute atomic E-state index is 0.0355. The van der Waals surface area contributed by atoms with Crippen molar-refractivity contribution in [3.8, 4) is 5.88 Å². The molecule has 2 aromatic heterocycles. The number of rotatable bonds is 3. The SMILES string of the molecule is Cc1nnc(N2CCO[C@H]3CC[C@H]2[C@@H]3Oc2ncccc2F)s1. The second kappa shape index (κ2) is 6.01. The number of pyridine rings is 1. The molecule has 2 fully saturated rings. The average Bonchev–Trinajstić information content (AvgIpc) is 3.06. The van der Waals surface area contributed by atoms with Gasteiger partial charge in [-0.2, -0.15) is 0 Å². The van der Waals surface area contributed by atoms with Crippen molar-refractivity contribution in [3.63, 3.8) is 0 Å². The molecule has 0 radical (unpaired) electrons. The van der Waals surface area contributed by atoms with Crippen LogP contribution in [-0.2, 0) is 4.74 Å². The summed E-state index contributed by atoms with van der Waals surface area (Å²) in [4.78, 5) is 6.19. The van der Waals surface area contributed by atoms with Crippen LogP contribution in [0.2, 0.25) is 0 Å². The van der Waals surface area contributed by atoms with Crippen molar-refractivity contribution in [1.82, 2.24) is 15.2 Å². The molecule has 1 saturated heterocycles. The summed E-state index contributed by atoms with van der Waals surface area (Å²) in [7, 11) is 0. The van der Waals surface area contributed by atoms with E-state index >= 15 is 0 Å². The first kappa shape index (κ1) is 14.8. The summed E-state index contributed by atoms with van der Waals surface area (Å²) in [5.41, 5.74) is 0. The summed E-state index contributed by atoms with van der Waals surface area (Å²) >= 11 is 1.56. The summed E-state index contributed by atoms with van der Waals surface area (Å²) < 4.78 is 25.7. The molecule has 2 aliphatic rings. The van der Waals surface area contributed by atoms with Gasteiger partial charge in [0.1, 0.15) is 11.1 Å². The van der Waals surface area contributed by atoms with Crippen molar-refractivity contribution in [2.24, 2.45) is 0 Å². The van der Waals surface area contributed by atoms with E-state index in [0.29, 0.717) is 6.61 Å². The molecular formula is C15H17FN4O2S. The van der Waals surface area contributed by atoms with Crippen LogP contribution in [0.1, 0.15) is 17.8 Å². The fraction of sp³-hybridized carbons (Fsp3) is 0.533. The van der Waals surface area contributed by atoms with Gasteiger partial charge >= 0.3 is 0 Å². The number of halogens is 1. The van der Waals surface area contributed by atoms with Gasteiger partial charge in [0, 0.05) is 12.7 Å². The van der Waals surface area contributed by atoms with Gasteiger partial charge in [-0.25, -0.2) is 9.37 Å². The van der Waals surface area contributed by atoms with Crippen LogP contribution < -0.4 is 9.64 Å². The van der Waals surface area contributed by atoms with E-state index in [-0.39, 0.29) is 24.1 Å². The second-order valence-electron chi connectivity index (χ2n) is 5.72. The monoisotopic (exact) mass is 336 g/mol. The van der Waals surface area contributed by atoms with Gasteiger partial charge < -0.3 is 14.4 Å². The highest BCUT2D eigenvalue weighted by Crippen LogP contribution is 2.36. The van der Waals surface area contributed by atoms with E-state index in [1.807, 2.05) is 6.92 Å². The molecule has 2 bridgehead atoms. The van der Waals surface area contributed by atoms with Crippen LogP contribution in [0.15, 0.2) is 18.3 Å². The topological polar surface area (TPSA) is 60.4 Å². The number of hydrogen-bond acceptors (Lipinski definition) is 7. The number of ether oxygens (including phenoxy) is 2. The Balaban J connectivity index is 1.62. The lowest BCUT2D eigenvalue weighted by Crippen LogP contribution is -2.45. The molecule has 4 rings (SSSR count). The van der Waals surface area contributed by atoms with Gasteiger partial charge in [0.2, 0.25) is 5.13 Å². The molecule has 1 aliphatic heterocycles. The highest BCUT2D eigenvalue weighted by atomic mass is 32.1. The summed E-state index contributed by atoms with van der Waals surface area (Å²) in [6, 6.07) is 3.00. The van der Waals surface area contributed by atoms with Gasteiger partial charge in [-0.05, 0) is 31.9 Å². The second-order valence-corrected chi connectivity index (χ2v) is 6.88. The molecule has 0 amide bonds. The first-order valence-electron chi connectivity index (χ1n) is 7.68. The minimum atomic E-state index is -0.450. The van der Waals surface area contributed by atoms with Crippen LogP contribution in [0.4, 0.5) is 9.52 Å². The number of fused-ring (bicyclic) bond motifs is 2. The third-order valence-electron chi connectivity index (χ3n) is 4.29. The number of aryl methyl sites for hydroxylation is 1. The molecule has 3 atom stereocenters. The Hall–Kier alpha value is -1.80. The van der Waals surface area contributed by atoms with Crippen molar-refractivity contribution in [3.05, 3.63) is 29.2 Å². The van der Waals surface area contributed by atoms with Crippen LogP contribution in [0.25, 0.3) is 0 Å².